The summed E-state index contributed by atoms with van der Waals surface area (Å²) in [6, 6.07) is -0.101. The Hall–Kier alpha value is -1.38. The Bertz CT molecular complexity index is 454. The Morgan fingerprint density at radius 1 is 1.08 bits per heavy atom. The molecule has 0 bridgehead atoms. The van der Waals surface area contributed by atoms with Crippen LogP contribution in [0.1, 0.15) is 52.4 Å². The lowest BCUT2D eigenvalue weighted by Gasteiger charge is -2.23. The second-order valence-corrected chi connectivity index (χ2v) is 7.31. The van der Waals surface area contributed by atoms with Crippen LogP contribution in [0.25, 0.3) is 0 Å². The van der Waals surface area contributed by atoms with Gasteiger partial charge in [-0.3, -0.25) is 4.79 Å². The molecular weight excluding hydrogens is 326 g/mol. The highest BCUT2D eigenvalue weighted by Gasteiger charge is 2.43. The molecule has 0 aromatic heterocycles. The van der Waals surface area contributed by atoms with Gasteiger partial charge in [0.15, 0.2) is 0 Å². The number of nitrogens with one attached hydrogen (secondary N) is 3. The zero-order valence-corrected chi connectivity index (χ0v) is 15.0. The van der Waals surface area contributed by atoms with E-state index in [2.05, 4.69) is 16.0 Å². The van der Waals surface area contributed by atoms with Gasteiger partial charge in [-0.1, -0.05) is 19.3 Å². The molecule has 0 aromatic carbocycles. The van der Waals surface area contributed by atoms with Crippen molar-refractivity contribution < 1.29 is 24.5 Å². The van der Waals surface area contributed by atoms with Crippen LogP contribution in [0.15, 0.2) is 0 Å². The topological polar surface area (TPSA) is 120 Å². The average molecular weight is 357 g/mol. The van der Waals surface area contributed by atoms with Crippen molar-refractivity contribution in [1.82, 2.24) is 16.0 Å². The number of aliphatic hydroxyl groups is 2. The first kappa shape index (κ1) is 19.9. The highest BCUT2D eigenvalue weighted by molar-refractivity contribution is 5.77. The standard InChI is InChI=1S/C17H31N3O5/c1-10(2)19-14(21)8-12-15(22)16(23)13(25-12)9-18-17(24)20-11-6-4-3-5-7-11/h10-13,15-16,22-23H,3-9H2,1-2H3,(H,19,21)(H2,18,20,24)/t12-,13+,15-,16+/m0/s1. The summed E-state index contributed by atoms with van der Waals surface area (Å²) in [5, 5.41) is 28.5. The van der Waals surface area contributed by atoms with Crippen molar-refractivity contribution in [2.24, 2.45) is 0 Å². The molecule has 1 aliphatic heterocycles. The highest BCUT2D eigenvalue weighted by Crippen LogP contribution is 2.23. The van der Waals surface area contributed by atoms with Gasteiger partial charge in [0.05, 0.1) is 12.5 Å². The van der Waals surface area contributed by atoms with Crippen LogP contribution in [0, 0.1) is 0 Å². The van der Waals surface area contributed by atoms with Crippen LogP contribution >= 0.6 is 0 Å². The smallest absolute Gasteiger partial charge is 0.315 e. The Morgan fingerprint density at radius 2 is 1.72 bits per heavy atom. The summed E-state index contributed by atoms with van der Waals surface area (Å²) in [7, 11) is 0. The molecule has 25 heavy (non-hydrogen) atoms. The minimum atomic E-state index is -1.15. The third-order valence-corrected chi connectivity index (χ3v) is 4.70. The number of rotatable bonds is 6. The molecule has 5 N–H and O–H groups in total. The van der Waals surface area contributed by atoms with E-state index < -0.39 is 24.4 Å². The molecule has 0 radical (unpaired) electrons. The van der Waals surface area contributed by atoms with Gasteiger partial charge < -0.3 is 30.9 Å². The number of ether oxygens (including phenoxy) is 1. The summed E-state index contributed by atoms with van der Waals surface area (Å²) in [4.78, 5) is 23.7. The number of carbonyl (C=O) groups is 2. The predicted molar refractivity (Wildman–Crippen MR) is 92.0 cm³/mol. The third-order valence-electron chi connectivity index (χ3n) is 4.70. The lowest BCUT2D eigenvalue weighted by atomic mass is 9.96. The largest absolute Gasteiger partial charge is 0.388 e. The first-order chi connectivity index (χ1) is 11.9. The summed E-state index contributed by atoms with van der Waals surface area (Å²) in [5.74, 6) is -0.241. The van der Waals surface area contributed by atoms with E-state index in [0.717, 1.165) is 25.7 Å². The van der Waals surface area contributed by atoms with Crippen LogP contribution in [-0.4, -0.2) is 65.2 Å². The summed E-state index contributed by atoms with van der Waals surface area (Å²) < 4.78 is 5.58. The first-order valence-corrected chi connectivity index (χ1v) is 9.22. The predicted octanol–water partition coefficient (Wildman–Crippen LogP) is 0.0222. The van der Waals surface area contributed by atoms with Crippen LogP contribution in [-0.2, 0) is 9.53 Å². The second kappa shape index (κ2) is 9.35. The van der Waals surface area contributed by atoms with E-state index >= 15 is 0 Å². The van der Waals surface area contributed by atoms with Crippen molar-refractivity contribution in [2.45, 2.75) is 88.9 Å². The molecule has 4 atom stereocenters. The SMILES string of the molecule is CC(C)NC(=O)C[C@@H]1O[C@H](CNC(=O)NC2CCCCC2)[C@@H](O)[C@H]1O. The minimum absolute atomic E-state index is 0.00286. The Kier molecular flexibility index (Phi) is 7.46. The van der Waals surface area contributed by atoms with Crippen LogP contribution < -0.4 is 16.0 Å². The van der Waals surface area contributed by atoms with Gasteiger partial charge in [-0.25, -0.2) is 4.79 Å². The van der Waals surface area contributed by atoms with Crippen molar-refractivity contribution in [3.63, 3.8) is 0 Å². The van der Waals surface area contributed by atoms with Crippen molar-refractivity contribution in [3.8, 4) is 0 Å². The van der Waals surface area contributed by atoms with Crippen LogP contribution in [0.4, 0.5) is 4.79 Å². The molecule has 2 fully saturated rings. The molecule has 8 nitrogen and oxygen atoms in total. The van der Waals surface area contributed by atoms with Crippen LogP contribution in [0.2, 0.25) is 0 Å². The average Bonchev–Trinajstić information content (AvgIpc) is 2.81. The number of urea groups is 1. The van der Waals surface area contributed by atoms with Crippen molar-refractivity contribution in [3.05, 3.63) is 0 Å². The molecule has 0 aromatic rings. The molecule has 2 rings (SSSR count). The first-order valence-electron chi connectivity index (χ1n) is 9.22. The molecule has 8 heteroatoms. The van der Waals surface area contributed by atoms with Gasteiger partial charge in [0.1, 0.15) is 18.3 Å². The molecule has 0 spiro atoms. The third kappa shape index (κ3) is 6.13. The van der Waals surface area contributed by atoms with Gasteiger partial charge in [0.25, 0.3) is 0 Å². The van der Waals surface area contributed by atoms with Crippen molar-refractivity contribution >= 4 is 11.9 Å². The highest BCUT2D eigenvalue weighted by atomic mass is 16.5. The van der Waals surface area contributed by atoms with Crippen molar-refractivity contribution in [2.75, 3.05) is 6.54 Å². The molecule has 1 aliphatic carbocycles. The molecule has 0 unspecified atom stereocenters. The number of carbonyl (C=O) groups excluding carboxylic acids is 2. The van der Waals surface area contributed by atoms with E-state index in [-0.39, 0.29) is 37.0 Å². The van der Waals surface area contributed by atoms with Gasteiger partial charge in [-0.2, -0.15) is 0 Å². The van der Waals surface area contributed by atoms with Gasteiger partial charge in [-0.15, -0.1) is 0 Å². The summed E-state index contributed by atoms with van der Waals surface area (Å²) in [6.07, 6.45) is 1.63. The zero-order chi connectivity index (χ0) is 18.4. The second-order valence-electron chi connectivity index (χ2n) is 7.31. The maximum atomic E-state index is 12.0. The van der Waals surface area contributed by atoms with Gasteiger partial charge in [0.2, 0.25) is 5.91 Å². The maximum Gasteiger partial charge on any atom is 0.315 e. The molecular formula is C17H31N3O5. The Morgan fingerprint density at radius 3 is 2.36 bits per heavy atom. The van der Waals surface area contributed by atoms with Gasteiger partial charge in [-0.05, 0) is 26.7 Å². The summed E-state index contributed by atoms with van der Waals surface area (Å²) in [5.41, 5.74) is 0. The quantitative estimate of drug-likeness (QED) is 0.459. The lowest BCUT2D eigenvalue weighted by molar-refractivity contribution is -0.125. The normalized spacial score (nSPS) is 30.3. The molecule has 1 saturated carbocycles. The van der Waals surface area contributed by atoms with E-state index in [1.807, 2.05) is 13.8 Å². The van der Waals surface area contributed by atoms with E-state index in [9.17, 15) is 19.8 Å². The Labute approximate surface area is 148 Å². The number of aliphatic hydroxyl groups excluding tert-OH is 2. The molecule has 1 heterocycles. The fraction of sp³-hybridized carbons (Fsp3) is 0.882. The summed E-state index contributed by atoms with van der Waals surface area (Å²) >= 11 is 0. The van der Waals surface area contributed by atoms with Gasteiger partial charge >= 0.3 is 6.03 Å². The number of amides is 3. The summed E-state index contributed by atoms with van der Waals surface area (Å²) in [6.45, 7) is 3.77. The number of hydrogen-bond donors (Lipinski definition) is 5. The zero-order valence-electron chi connectivity index (χ0n) is 15.0. The number of hydrogen-bond acceptors (Lipinski definition) is 5. The van der Waals surface area contributed by atoms with Crippen molar-refractivity contribution in [1.29, 1.82) is 0 Å². The van der Waals surface area contributed by atoms with Crippen LogP contribution in [0.5, 0.6) is 0 Å². The fourth-order valence-corrected chi connectivity index (χ4v) is 3.40. The van der Waals surface area contributed by atoms with Gasteiger partial charge in [0, 0.05) is 18.6 Å². The molecule has 1 saturated heterocycles. The van der Waals surface area contributed by atoms with E-state index in [0.29, 0.717) is 0 Å². The minimum Gasteiger partial charge on any atom is -0.388 e. The molecule has 2 aliphatic rings. The lowest BCUT2D eigenvalue weighted by Crippen LogP contribution is -2.47. The Balaban J connectivity index is 1.74. The van der Waals surface area contributed by atoms with E-state index in [1.54, 1.807) is 0 Å². The van der Waals surface area contributed by atoms with E-state index in [1.165, 1.54) is 6.42 Å². The molecule has 3 amide bonds. The fourth-order valence-electron chi connectivity index (χ4n) is 3.40. The maximum absolute atomic E-state index is 12.0. The van der Waals surface area contributed by atoms with Crippen LogP contribution in [0.3, 0.4) is 0 Å². The molecule has 144 valence electrons. The monoisotopic (exact) mass is 357 g/mol. The van der Waals surface area contributed by atoms with E-state index in [4.69, 9.17) is 4.74 Å².